The van der Waals surface area contributed by atoms with E-state index in [0.29, 0.717) is 48.2 Å². The molecule has 1 aliphatic carbocycles. The van der Waals surface area contributed by atoms with Crippen LogP contribution >= 0.6 is 11.3 Å². The van der Waals surface area contributed by atoms with Gasteiger partial charge in [-0.05, 0) is 42.9 Å². The van der Waals surface area contributed by atoms with Crippen molar-refractivity contribution in [1.82, 2.24) is 9.80 Å². The fourth-order valence-corrected chi connectivity index (χ4v) is 5.58. The molecule has 0 unspecified atom stereocenters. The monoisotopic (exact) mass is 422 g/mol. The van der Waals surface area contributed by atoms with E-state index in [1.54, 1.807) is 11.3 Å². The third-order valence-corrected chi connectivity index (χ3v) is 7.09. The van der Waals surface area contributed by atoms with Crippen molar-refractivity contribution in [1.29, 1.82) is 5.26 Å². The second kappa shape index (κ2) is 8.99. The van der Waals surface area contributed by atoms with Gasteiger partial charge in [-0.25, -0.2) is 0 Å². The molecule has 0 bridgehead atoms. The number of piperazine rings is 1. The minimum atomic E-state index is -0.0963. The lowest BCUT2D eigenvalue weighted by molar-refractivity contribution is -0.117. The number of rotatable bonds is 4. The highest BCUT2D eigenvalue weighted by atomic mass is 32.1. The SMILES string of the molecule is C[C@H]1CCc2c(sc(NC(=O)CN3CCN(C(=O)c4ccccc4)CC3)c2C#N)C1. The number of fused-ring (bicyclic) bond motifs is 1. The highest BCUT2D eigenvalue weighted by Gasteiger charge is 2.26. The van der Waals surface area contributed by atoms with Gasteiger partial charge in [0.25, 0.3) is 5.91 Å². The van der Waals surface area contributed by atoms with Gasteiger partial charge in [0, 0.05) is 36.6 Å². The van der Waals surface area contributed by atoms with E-state index in [2.05, 4.69) is 23.2 Å². The number of thiophene rings is 1. The zero-order valence-electron chi connectivity index (χ0n) is 17.2. The molecule has 2 amide bonds. The zero-order valence-corrected chi connectivity index (χ0v) is 18.0. The first-order valence-electron chi connectivity index (χ1n) is 10.5. The highest BCUT2D eigenvalue weighted by Crippen LogP contribution is 2.39. The molecule has 1 N–H and O–H groups in total. The second-order valence-corrected chi connectivity index (χ2v) is 9.26. The van der Waals surface area contributed by atoms with Crippen LogP contribution in [0.4, 0.5) is 5.00 Å². The number of carbonyl (C=O) groups excluding carboxylic acids is 2. The van der Waals surface area contributed by atoms with Gasteiger partial charge in [0.15, 0.2) is 0 Å². The van der Waals surface area contributed by atoms with E-state index in [4.69, 9.17) is 0 Å². The van der Waals surface area contributed by atoms with Crippen LogP contribution in [-0.2, 0) is 17.6 Å². The summed E-state index contributed by atoms with van der Waals surface area (Å²) in [5, 5.41) is 13.3. The predicted molar refractivity (Wildman–Crippen MR) is 118 cm³/mol. The molecule has 1 fully saturated rings. The van der Waals surface area contributed by atoms with Gasteiger partial charge in [0.1, 0.15) is 11.1 Å². The molecular weight excluding hydrogens is 396 g/mol. The number of nitrogens with zero attached hydrogens (tertiary/aromatic N) is 3. The summed E-state index contributed by atoms with van der Waals surface area (Å²) in [5.74, 6) is 0.568. The first-order chi connectivity index (χ1) is 14.5. The molecule has 0 spiro atoms. The Kier molecular flexibility index (Phi) is 6.16. The van der Waals surface area contributed by atoms with Crippen LogP contribution in [0.3, 0.4) is 0 Å². The zero-order chi connectivity index (χ0) is 21.1. The van der Waals surface area contributed by atoms with Gasteiger partial charge in [-0.3, -0.25) is 14.5 Å². The molecule has 1 atom stereocenters. The molecule has 6 nitrogen and oxygen atoms in total. The molecule has 156 valence electrons. The average Bonchev–Trinajstić information content (AvgIpc) is 3.10. The van der Waals surface area contributed by atoms with E-state index in [9.17, 15) is 14.9 Å². The molecule has 7 heteroatoms. The Morgan fingerprint density at radius 2 is 1.93 bits per heavy atom. The number of hydrogen-bond donors (Lipinski definition) is 1. The van der Waals surface area contributed by atoms with Crippen molar-refractivity contribution in [2.75, 3.05) is 38.0 Å². The van der Waals surface area contributed by atoms with Gasteiger partial charge in [-0.1, -0.05) is 25.1 Å². The fourth-order valence-electron chi connectivity index (χ4n) is 4.20. The van der Waals surface area contributed by atoms with E-state index in [-0.39, 0.29) is 18.4 Å². The molecule has 30 heavy (non-hydrogen) atoms. The average molecular weight is 423 g/mol. The van der Waals surface area contributed by atoms with Crippen LogP contribution in [0.5, 0.6) is 0 Å². The number of nitriles is 1. The van der Waals surface area contributed by atoms with Gasteiger partial charge in [0.05, 0.1) is 12.1 Å². The lowest BCUT2D eigenvalue weighted by Gasteiger charge is -2.34. The van der Waals surface area contributed by atoms with E-state index in [0.717, 1.165) is 24.8 Å². The topological polar surface area (TPSA) is 76.4 Å². The molecule has 1 aliphatic heterocycles. The molecule has 0 radical (unpaired) electrons. The Bertz CT molecular complexity index is 971. The van der Waals surface area contributed by atoms with Gasteiger partial charge in [0.2, 0.25) is 5.91 Å². The number of amides is 2. The van der Waals surface area contributed by atoms with Crippen molar-refractivity contribution in [3.63, 3.8) is 0 Å². The van der Waals surface area contributed by atoms with Crippen molar-refractivity contribution < 1.29 is 9.59 Å². The first kappa shape index (κ1) is 20.6. The molecule has 0 saturated carbocycles. The molecule has 4 rings (SSSR count). The largest absolute Gasteiger partial charge is 0.336 e. The molecule has 1 saturated heterocycles. The molecule has 2 aromatic rings. The van der Waals surface area contributed by atoms with Crippen molar-refractivity contribution in [2.24, 2.45) is 5.92 Å². The summed E-state index contributed by atoms with van der Waals surface area (Å²) in [6, 6.07) is 11.6. The normalized spacial score (nSPS) is 19.1. The first-order valence-corrected chi connectivity index (χ1v) is 11.3. The Labute approximate surface area is 181 Å². The van der Waals surface area contributed by atoms with Crippen LogP contribution in [-0.4, -0.2) is 54.3 Å². The van der Waals surface area contributed by atoms with Gasteiger partial charge in [-0.15, -0.1) is 11.3 Å². The molecular formula is C23H26N4O2S. The second-order valence-electron chi connectivity index (χ2n) is 8.15. The van der Waals surface area contributed by atoms with Crippen molar-refractivity contribution in [3.05, 3.63) is 51.9 Å². The van der Waals surface area contributed by atoms with Gasteiger partial charge < -0.3 is 10.2 Å². The Balaban J connectivity index is 1.32. The number of nitrogens with one attached hydrogen (secondary N) is 1. The Morgan fingerprint density at radius 1 is 1.20 bits per heavy atom. The summed E-state index contributed by atoms with van der Waals surface area (Å²) < 4.78 is 0. The van der Waals surface area contributed by atoms with Crippen molar-refractivity contribution in [3.8, 4) is 6.07 Å². The standard InChI is InChI=1S/C23H26N4O2S/c1-16-7-8-18-19(14-24)22(30-20(18)13-16)25-21(28)15-26-9-11-27(12-10-26)23(29)17-5-3-2-4-6-17/h2-6,16H,7-13,15H2,1H3,(H,25,28)/t16-/m0/s1. The number of anilines is 1. The third-order valence-electron chi connectivity index (χ3n) is 5.92. The maximum absolute atomic E-state index is 12.6. The predicted octanol–water partition coefficient (Wildman–Crippen LogP) is 3.14. The summed E-state index contributed by atoms with van der Waals surface area (Å²) in [4.78, 5) is 30.3. The third kappa shape index (κ3) is 4.40. The summed E-state index contributed by atoms with van der Waals surface area (Å²) in [6.07, 6.45) is 3.00. The summed E-state index contributed by atoms with van der Waals surface area (Å²) in [7, 11) is 0. The summed E-state index contributed by atoms with van der Waals surface area (Å²) in [5.41, 5.74) is 2.47. The van der Waals surface area contributed by atoms with Crippen LogP contribution in [0, 0.1) is 17.2 Å². The summed E-state index contributed by atoms with van der Waals surface area (Å²) >= 11 is 1.56. The van der Waals surface area contributed by atoms with Crippen molar-refractivity contribution in [2.45, 2.75) is 26.2 Å². The van der Waals surface area contributed by atoms with Gasteiger partial charge >= 0.3 is 0 Å². The van der Waals surface area contributed by atoms with Crippen LogP contribution in [0.1, 0.15) is 39.7 Å². The van der Waals surface area contributed by atoms with E-state index < -0.39 is 0 Å². The minimum absolute atomic E-state index is 0.0387. The maximum atomic E-state index is 12.6. The lowest BCUT2D eigenvalue weighted by Crippen LogP contribution is -2.50. The lowest BCUT2D eigenvalue weighted by atomic mass is 9.89. The molecule has 2 aliphatic rings. The van der Waals surface area contributed by atoms with Crippen LogP contribution in [0.15, 0.2) is 30.3 Å². The smallest absolute Gasteiger partial charge is 0.253 e. The van der Waals surface area contributed by atoms with E-state index in [1.807, 2.05) is 35.2 Å². The Morgan fingerprint density at radius 3 is 2.63 bits per heavy atom. The highest BCUT2D eigenvalue weighted by molar-refractivity contribution is 7.16. The Hall–Kier alpha value is -2.69. The fraction of sp³-hybridized carbons (Fsp3) is 0.435. The minimum Gasteiger partial charge on any atom is -0.336 e. The number of hydrogen-bond acceptors (Lipinski definition) is 5. The molecule has 2 heterocycles. The van der Waals surface area contributed by atoms with E-state index in [1.165, 1.54) is 4.88 Å². The maximum Gasteiger partial charge on any atom is 0.253 e. The number of carbonyl (C=O) groups is 2. The molecule has 1 aromatic heterocycles. The summed E-state index contributed by atoms with van der Waals surface area (Å²) in [6.45, 7) is 5.04. The van der Waals surface area contributed by atoms with Crippen LogP contribution < -0.4 is 5.32 Å². The van der Waals surface area contributed by atoms with Gasteiger partial charge in [-0.2, -0.15) is 5.26 Å². The van der Waals surface area contributed by atoms with Crippen molar-refractivity contribution >= 4 is 28.2 Å². The quantitative estimate of drug-likeness (QED) is 0.821. The number of benzene rings is 1. The molecule has 1 aromatic carbocycles. The van der Waals surface area contributed by atoms with Crippen LogP contribution in [0.25, 0.3) is 0 Å². The van der Waals surface area contributed by atoms with Crippen LogP contribution in [0.2, 0.25) is 0 Å². The van der Waals surface area contributed by atoms with E-state index >= 15 is 0 Å².